The van der Waals surface area contributed by atoms with Gasteiger partial charge in [-0.1, -0.05) is 0 Å². The van der Waals surface area contributed by atoms with Crippen LogP contribution in [0.1, 0.15) is 23.3 Å². The van der Waals surface area contributed by atoms with E-state index in [1.165, 1.54) is 4.57 Å². The first-order valence-corrected chi connectivity index (χ1v) is 9.33. The van der Waals surface area contributed by atoms with E-state index < -0.39 is 11.5 Å². The van der Waals surface area contributed by atoms with Gasteiger partial charge in [0.25, 0.3) is 11.5 Å². The standard InChI is InChI=1S/C21H19N5O3/c1-29-16-6-4-15(5-7-16)26-19-17(3-2-10-23-19)24-18(21(26)28)20(27)25-11-8-14(13-22)9-12-25/h2-7,10,14H,8-9,11-12H2,1H3. The lowest BCUT2D eigenvalue weighted by atomic mass is 9.98. The molecular weight excluding hydrogens is 370 g/mol. The number of hydrogen-bond acceptors (Lipinski definition) is 6. The molecule has 3 aromatic rings. The highest BCUT2D eigenvalue weighted by atomic mass is 16.5. The smallest absolute Gasteiger partial charge is 0.288 e. The number of rotatable bonds is 3. The summed E-state index contributed by atoms with van der Waals surface area (Å²) >= 11 is 0. The summed E-state index contributed by atoms with van der Waals surface area (Å²) in [4.78, 5) is 36.6. The predicted molar refractivity (Wildman–Crippen MR) is 106 cm³/mol. The number of benzene rings is 1. The van der Waals surface area contributed by atoms with Gasteiger partial charge in [0.05, 0.1) is 18.9 Å². The van der Waals surface area contributed by atoms with Crippen molar-refractivity contribution in [2.45, 2.75) is 12.8 Å². The fourth-order valence-corrected chi connectivity index (χ4v) is 3.49. The topological polar surface area (TPSA) is 101 Å². The summed E-state index contributed by atoms with van der Waals surface area (Å²) in [5.74, 6) is 0.188. The van der Waals surface area contributed by atoms with Crippen LogP contribution in [0.15, 0.2) is 47.4 Å². The van der Waals surface area contributed by atoms with Gasteiger partial charge in [0, 0.05) is 25.2 Å². The van der Waals surface area contributed by atoms with Crippen molar-refractivity contribution in [1.29, 1.82) is 5.26 Å². The number of aromatic nitrogens is 3. The van der Waals surface area contributed by atoms with Crippen molar-refractivity contribution in [3.63, 3.8) is 0 Å². The third kappa shape index (κ3) is 3.43. The van der Waals surface area contributed by atoms with Gasteiger partial charge in [-0.05, 0) is 49.2 Å². The monoisotopic (exact) mass is 389 g/mol. The number of nitrogens with zero attached hydrogens (tertiary/aromatic N) is 5. The van der Waals surface area contributed by atoms with Crippen LogP contribution in [0.3, 0.4) is 0 Å². The quantitative estimate of drug-likeness (QED) is 0.680. The van der Waals surface area contributed by atoms with Crippen LogP contribution in [0.2, 0.25) is 0 Å². The molecule has 0 bridgehead atoms. The molecule has 4 rings (SSSR count). The Morgan fingerprint density at radius 1 is 1.21 bits per heavy atom. The lowest BCUT2D eigenvalue weighted by Crippen LogP contribution is -2.42. The van der Waals surface area contributed by atoms with Crippen LogP contribution in [0.4, 0.5) is 0 Å². The maximum absolute atomic E-state index is 13.3. The maximum atomic E-state index is 13.3. The molecule has 0 atom stereocenters. The number of fused-ring (bicyclic) bond motifs is 1. The summed E-state index contributed by atoms with van der Waals surface area (Å²) in [6.07, 6.45) is 2.78. The molecule has 8 heteroatoms. The van der Waals surface area contributed by atoms with Gasteiger partial charge in [-0.25, -0.2) is 9.97 Å². The fraction of sp³-hybridized carbons (Fsp3) is 0.286. The van der Waals surface area contributed by atoms with Gasteiger partial charge in [0.1, 0.15) is 11.3 Å². The molecule has 1 fully saturated rings. The van der Waals surface area contributed by atoms with Crippen LogP contribution in [-0.2, 0) is 0 Å². The van der Waals surface area contributed by atoms with Gasteiger partial charge in [-0.15, -0.1) is 0 Å². The minimum absolute atomic E-state index is 0.0521. The molecule has 1 aliphatic rings. The highest BCUT2D eigenvalue weighted by Gasteiger charge is 2.27. The molecule has 1 aromatic carbocycles. The Balaban J connectivity index is 1.81. The molecule has 2 aromatic heterocycles. The first kappa shape index (κ1) is 18.6. The third-order valence-corrected chi connectivity index (χ3v) is 5.11. The van der Waals surface area contributed by atoms with E-state index in [0.29, 0.717) is 48.5 Å². The van der Waals surface area contributed by atoms with Crippen molar-refractivity contribution in [2.24, 2.45) is 5.92 Å². The average molecular weight is 389 g/mol. The van der Waals surface area contributed by atoms with E-state index in [2.05, 4.69) is 16.0 Å². The molecule has 0 saturated carbocycles. The number of piperidine rings is 1. The molecule has 1 amide bonds. The van der Waals surface area contributed by atoms with Crippen LogP contribution in [0.25, 0.3) is 16.9 Å². The third-order valence-electron chi connectivity index (χ3n) is 5.11. The van der Waals surface area contributed by atoms with Crippen LogP contribution >= 0.6 is 0 Å². The first-order valence-electron chi connectivity index (χ1n) is 9.33. The fourth-order valence-electron chi connectivity index (χ4n) is 3.49. The molecule has 0 spiro atoms. The highest BCUT2D eigenvalue weighted by molar-refractivity contribution is 5.94. The second-order valence-corrected chi connectivity index (χ2v) is 6.84. The van der Waals surface area contributed by atoms with Gasteiger partial charge in [-0.2, -0.15) is 5.26 Å². The molecule has 0 N–H and O–H groups in total. The predicted octanol–water partition coefficient (Wildman–Crippen LogP) is 2.17. The summed E-state index contributed by atoms with van der Waals surface area (Å²) in [6, 6.07) is 12.6. The maximum Gasteiger partial charge on any atom is 0.288 e. The zero-order valence-electron chi connectivity index (χ0n) is 15.9. The molecule has 0 aliphatic carbocycles. The molecule has 0 unspecified atom stereocenters. The van der Waals surface area contributed by atoms with Gasteiger partial charge in [-0.3, -0.25) is 14.2 Å². The molecule has 1 aliphatic heterocycles. The van der Waals surface area contributed by atoms with E-state index in [9.17, 15) is 9.59 Å². The molecule has 8 nitrogen and oxygen atoms in total. The van der Waals surface area contributed by atoms with Crippen molar-refractivity contribution >= 4 is 17.1 Å². The molecule has 3 heterocycles. The number of pyridine rings is 1. The lowest BCUT2D eigenvalue weighted by molar-refractivity contribution is 0.0699. The van der Waals surface area contributed by atoms with E-state index in [4.69, 9.17) is 10.00 Å². The van der Waals surface area contributed by atoms with Crippen molar-refractivity contribution in [1.82, 2.24) is 19.4 Å². The highest BCUT2D eigenvalue weighted by Crippen LogP contribution is 2.20. The largest absolute Gasteiger partial charge is 0.497 e. The number of carbonyl (C=O) groups excluding carboxylic acids is 1. The molecule has 146 valence electrons. The van der Waals surface area contributed by atoms with E-state index in [0.717, 1.165) is 0 Å². The number of hydrogen-bond donors (Lipinski definition) is 0. The molecular formula is C21H19N5O3. The van der Waals surface area contributed by atoms with Gasteiger partial charge < -0.3 is 9.64 Å². The Bertz CT molecular complexity index is 1160. The lowest BCUT2D eigenvalue weighted by Gasteiger charge is -2.28. The Morgan fingerprint density at radius 3 is 2.59 bits per heavy atom. The summed E-state index contributed by atoms with van der Waals surface area (Å²) in [5.41, 5.74) is 0.741. The SMILES string of the molecule is COc1ccc(-n2c(=O)c(C(=O)N3CCC(C#N)CC3)nc3cccnc32)cc1. The number of likely N-dealkylation sites (tertiary alicyclic amines) is 1. The summed E-state index contributed by atoms with van der Waals surface area (Å²) in [6.45, 7) is 0.873. The summed E-state index contributed by atoms with van der Waals surface area (Å²) in [5, 5.41) is 9.06. The van der Waals surface area contributed by atoms with E-state index in [1.54, 1.807) is 54.6 Å². The first-order chi connectivity index (χ1) is 14.1. The summed E-state index contributed by atoms with van der Waals surface area (Å²) in [7, 11) is 1.57. The van der Waals surface area contributed by atoms with Crippen molar-refractivity contribution in [2.75, 3.05) is 20.2 Å². The minimum Gasteiger partial charge on any atom is -0.497 e. The van der Waals surface area contributed by atoms with Crippen LogP contribution in [0.5, 0.6) is 5.75 Å². The van der Waals surface area contributed by atoms with E-state index in [-0.39, 0.29) is 11.6 Å². The van der Waals surface area contributed by atoms with Crippen molar-refractivity contribution < 1.29 is 9.53 Å². The second-order valence-electron chi connectivity index (χ2n) is 6.84. The van der Waals surface area contributed by atoms with E-state index in [1.807, 2.05) is 0 Å². The minimum atomic E-state index is -0.520. The Morgan fingerprint density at radius 2 is 1.93 bits per heavy atom. The molecule has 29 heavy (non-hydrogen) atoms. The number of ether oxygens (including phenoxy) is 1. The Labute approximate surface area is 167 Å². The number of amides is 1. The number of methoxy groups -OCH3 is 1. The number of carbonyl (C=O) groups is 1. The van der Waals surface area contributed by atoms with Gasteiger partial charge in [0.2, 0.25) is 0 Å². The zero-order valence-corrected chi connectivity index (χ0v) is 15.9. The zero-order chi connectivity index (χ0) is 20.4. The normalized spacial score (nSPS) is 14.6. The molecule has 1 saturated heterocycles. The second kappa shape index (κ2) is 7.72. The van der Waals surface area contributed by atoms with Crippen LogP contribution in [-0.4, -0.2) is 45.5 Å². The average Bonchev–Trinajstić information content (AvgIpc) is 2.78. The van der Waals surface area contributed by atoms with Crippen molar-refractivity contribution in [3.05, 3.63) is 58.6 Å². The molecule has 0 radical (unpaired) electrons. The van der Waals surface area contributed by atoms with E-state index >= 15 is 0 Å². The number of nitriles is 1. The summed E-state index contributed by atoms with van der Waals surface area (Å²) < 4.78 is 6.58. The van der Waals surface area contributed by atoms with Gasteiger partial charge in [0.15, 0.2) is 11.3 Å². The van der Waals surface area contributed by atoms with Crippen LogP contribution < -0.4 is 10.3 Å². The van der Waals surface area contributed by atoms with Crippen LogP contribution in [0, 0.1) is 17.2 Å². The Hall–Kier alpha value is -3.73. The van der Waals surface area contributed by atoms with Gasteiger partial charge >= 0.3 is 0 Å². The van der Waals surface area contributed by atoms with Crippen molar-refractivity contribution in [3.8, 4) is 17.5 Å². The Kier molecular flexibility index (Phi) is 4.96.